The maximum atomic E-state index is 13.2. The number of hydrogen-bond acceptors (Lipinski definition) is 3. The minimum atomic E-state index is -4.65. The number of benzene rings is 1. The van der Waals surface area contributed by atoms with Gasteiger partial charge in [-0.1, -0.05) is 26.0 Å². The second-order valence-corrected chi connectivity index (χ2v) is 5.94. The van der Waals surface area contributed by atoms with Crippen LogP contribution < -0.4 is 5.32 Å². The van der Waals surface area contributed by atoms with Crippen LogP contribution in [0.3, 0.4) is 0 Å². The van der Waals surface area contributed by atoms with E-state index in [4.69, 9.17) is 5.11 Å². The monoisotopic (exact) mass is 343 g/mol. The van der Waals surface area contributed by atoms with Crippen LogP contribution >= 0.6 is 0 Å². The predicted octanol–water partition coefficient (Wildman–Crippen LogP) is 2.58. The van der Waals surface area contributed by atoms with Gasteiger partial charge in [0.2, 0.25) is 11.7 Å². The number of halogens is 3. The van der Waals surface area contributed by atoms with Crippen molar-refractivity contribution in [3.8, 4) is 0 Å². The lowest BCUT2D eigenvalue weighted by Gasteiger charge is -2.22. The van der Waals surface area contributed by atoms with E-state index in [-0.39, 0.29) is 29.6 Å². The van der Waals surface area contributed by atoms with Crippen molar-refractivity contribution in [2.24, 2.45) is 5.92 Å². The first-order valence-electron chi connectivity index (χ1n) is 7.66. The van der Waals surface area contributed by atoms with Gasteiger partial charge in [0.25, 0.3) is 0 Å². The lowest BCUT2D eigenvalue weighted by atomic mass is 10.0. The van der Waals surface area contributed by atoms with E-state index in [9.17, 15) is 18.0 Å². The number of hydrogen-bond donors (Lipinski definition) is 2. The molecule has 0 spiro atoms. The molecule has 2 rings (SSSR count). The van der Waals surface area contributed by atoms with Crippen LogP contribution in [0.1, 0.15) is 26.1 Å². The van der Waals surface area contributed by atoms with Gasteiger partial charge in [-0.15, -0.1) is 0 Å². The van der Waals surface area contributed by atoms with Gasteiger partial charge in [0.1, 0.15) is 6.54 Å². The molecule has 0 aliphatic heterocycles. The van der Waals surface area contributed by atoms with Crippen molar-refractivity contribution in [1.29, 1.82) is 0 Å². The van der Waals surface area contributed by atoms with E-state index < -0.39 is 24.5 Å². The zero-order valence-corrected chi connectivity index (χ0v) is 13.5. The Balaban J connectivity index is 2.29. The summed E-state index contributed by atoms with van der Waals surface area (Å²) in [5, 5.41) is 11.7. The number of carbonyl (C=O) groups excluding carboxylic acids is 1. The number of aliphatic hydroxyl groups excluding tert-OH is 1. The Labute approximate surface area is 137 Å². The number of alkyl halides is 3. The topological polar surface area (TPSA) is 67.2 Å². The fourth-order valence-electron chi connectivity index (χ4n) is 2.56. The van der Waals surface area contributed by atoms with Crippen molar-refractivity contribution in [3.05, 3.63) is 30.1 Å². The molecule has 8 heteroatoms. The normalized spacial score (nSPS) is 13.5. The number of nitrogens with one attached hydrogen (secondary N) is 1. The standard InChI is InChI=1S/C16H20F3N3O2/c1-10(2)11(7-8-23)20-14(24)9-22-13-6-4-3-5-12(13)21-15(22)16(17,18)19/h3-6,10-11,23H,7-9H2,1-2H3,(H,20,24). The molecule has 2 N–H and O–H groups in total. The van der Waals surface area contributed by atoms with Crippen molar-refractivity contribution >= 4 is 16.9 Å². The van der Waals surface area contributed by atoms with Crippen LogP contribution in [0, 0.1) is 5.92 Å². The highest BCUT2D eigenvalue weighted by Crippen LogP contribution is 2.31. The number of nitrogens with zero attached hydrogens (tertiary/aromatic N) is 2. The molecular weight excluding hydrogens is 323 g/mol. The lowest BCUT2D eigenvalue weighted by Crippen LogP contribution is -2.41. The number of aromatic nitrogens is 2. The second-order valence-electron chi connectivity index (χ2n) is 5.94. The Hall–Kier alpha value is -2.09. The first kappa shape index (κ1) is 18.3. The summed E-state index contributed by atoms with van der Waals surface area (Å²) in [6, 6.07) is 5.86. The van der Waals surface area contributed by atoms with Crippen LogP contribution in [-0.4, -0.2) is 33.2 Å². The zero-order valence-electron chi connectivity index (χ0n) is 13.5. The number of rotatable bonds is 6. The quantitative estimate of drug-likeness (QED) is 0.847. The molecule has 132 valence electrons. The van der Waals surface area contributed by atoms with Gasteiger partial charge in [-0.25, -0.2) is 4.98 Å². The van der Waals surface area contributed by atoms with Gasteiger partial charge < -0.3 is 15.0 Å². The van der Waals surface area contributed by atoms with E-state index in [1.807, 2.05) is 13.8 Å². The summed E-state index contributed by atoms with van der Waals surface area (Å²) < 4.78 is 40.5. The summed E-state index contributed by atoms with van der Waals surface area (Å²) in [5.41, 5.74) is 0.441. The molecular formula is C16H20F3N3O2. The average molecular weight is 343 g/mol. The zero-order chi connectivity index (χ0) is 17.9. The Bertz CT molecular complexity index is 710. The summed E-state index contributed by atoms with van der Waals surface area (Å²) in [7, 11) is 0. The van der Waals surface area contributed by atoms with Crippen LogP contribution in [0.5, 0.6) is 0 Å². The van der Waals surface area contributed by atoms with Gasteiger partial charge >= 0.3 is 6.18 Å². The smallest absolute Gasteiger partial charge is 0.396 e. The highest BCUT2D eigenvalue weighted by molar-refractivity contribution is 5.81. The Morgan fingerprint density at radius 1 is 1.33 bits per heavy atom. The molecule has 1 heterocycles. The van der Waals surface area contributed by atoms with Crippen molar-refractivity contribution in [3.63, 3.8) is 0 Å². The molecule has 1 unspecified atom stereocenters. The third-order valence-corrected chi connectivity index (χ3v) is 3.80. The second kappa shape index (κ2) is 7.21. The molecule has 0 saturated heterocycles. The van der Waals surface area contributed by atoms with E-state index in [1.54, 1.807) is 12.1 Å². The van der Waals surface area contributed by atoms with Gasteiger partial charge in [-0.3, -0.25) is 4.79 Å². The number of imidazole rings is 1. The van der Waals surface area contributed by atoms with E-state index in [1.165, 1.54) is 12.1 Å². The molecule has 1 atom stereocenters. The Morgan fingerprint density at radius 3 is 2.58 bits per heavy atom. The molecule has 0 aliphatic carbocycles. The third-order valence-electron chi connectivity index (χ3n) is 3.80. The maximum Gasteiger partial charge on any atom is 0.449 e. The van der Waals surface area contributed by atoms with Gasteiger partial charge in [-0.05, 0) is 24.5 Å². The number of amides is 1. The SMILES string of the molecule is CC(C)C(CCO)NC(=O)Cn1c(C(F)(F)F)nc2ccccc21. The molecule has 0 saturated carbocycles. The first-order chi connectivity index (χ1) is 11.2. The lowest BCUT2D eigenvalue weighted by molar-refractivity contribution is -0.147. The summed E-state index contributed by atoms with van der Waals surface area (Å²) >= 11 is 0. The van der Waals surface area contributed by atoms with Crippen molar-refractivity contribution < 1.29 is 23.1 Å². The number of carbonyl (C=O) groups is 1. The molecule has 2 aromatic rings. The molecule has 0 bridgehead atoms. The fraction of sp³-hybridized carbons (Fsp3) is 0.500. The average Bonchev–Trinajstić information content (AvgIpc) is 2.86. The highest BCUT2D eigenvalue weighted by atomic mass is 19.4. The van der Waals surface area contributed by atoms with Gasteiger partial charge in [-0.2, -0.15) is 13.2 Å². The minimum Gasteiger partial charge on any atom is -0.396 e. The molecule has 24 heavy (non-hydrogen) atoms. The first-order valence-corrected chi connectivity index (χ1v) is 7.66. The van der Waals surface area contributed by atoms with Gasteiger partial charge in [0.15, 0.2) is 0 Å². The van der Waals surface area contributed by atoms with E-state index in [0.717, 1.165) is 4.57 Å². The van der Waals surface area contributed by atoms with Crippen molar-refractivity contribution in [1.82, 2.24) is 14.9 Å². The molecule has 0 fully saturated rings. The van der Waals surface area contributed by atoms with Crippen LogP contribution in [0.25, 0.3) is 11.0 Å². The fourth-order valence-corrected chi connectivity index (χ4v) is 2.56. The minimum absolute atomic E-state index is 0.0581. The van der Waals surface area contributed by atoms with E-state index in [2.05, 4.69) is 10.3 Å². The number of fused-ring (bicyclic) bond motifs is 1. The number of para-hydroxylation sites is 2. The molecule has 1 aromatic heterocycles. The van der Waals surface area contributed by atoms with Crippen LogP contribution in [0.15, 0.2) is 24.3 Å². The van der Waals surface area contributed by atoms with Crippen molar-refractivity contribution in [2.45, 2.75) is 39.0 Å². The largest absolute Gasteiger partial charge is 0.449 e. The molecule has 0 radical (unpaired) electrons. The van der Waals surface area contributed by atoms with Crippen LogP contribution in [0.2, 0.25) is 0 Å². The molecule has 0 aliphatic rings. The van der Waals surface area contributed by atoms with Gasteiger partial charge in [0.05, 0.1) is 11.0 Å². The maximum absolute atomic E-state index is 13.2. The third kappa shape index (κ3) is 4.05. The molecule has 1 aromatic carbocycles. The predicted molar refractivity (Wildman–Crippen MR) is 83.2 cm³/mol. The van der Waals surface area contributed by atoms with E-state index >= 15 is 0 Å². The number of aliphatic hydroxyl groups is 1. The summed E-state index contributed by atoms with van der Waals surface area (Å²) in [6.07, 6.45) is -4.30. The summed E-state index contributed by atoms with van der Waals surface area (Å²) in [4.78, 5) is 15.8. The van der Waals surface area contributed by atoms with Crippen molar-refractivity contribution in [2.75, 3.05) is 6.61 Å². The molecule has 5 nitrogen and oxygen atoms in total. The molecule has 1 amide bonds. The Kier molecular flexibility index (Phi) is 5.48. The Morgan fingerprint density at radius 2 is 2.00 bits per heavy atom. The van der Waals surface area contributed by atoms with Crippen LogP contribution in [-0.2, 0) is 17.5 Å². The van der Waals surface area contributed by atoms with Crippen LogP contribution in [0.4, 0.5) is 13.2 Å². The summed E-state index contributed by atoms with van der Waals surface area (Å²) in [5.74, 6) is -1.58. The summed E-state index contributed by atoms with van der Waals surface area (Å²) in [6.45, 7) is 3.15. The van der Waals surface area contributed by atoms with E-state index in [0.29, 0.717) is 6.42 Å². The highest BCUT2D eigenvalue weighted by Gasteiger charge is 2.38. The van der Waals surface area contributed by atoms with Gasteiger partial charge in [0, 0.05) is 12.6 Å².